The van der Waals surface area contributed by atoms with Gasteiger partial charge in [-0.3, -0.25) is 0 Å². The molecule has 2 rings (SSSR count). The molecule has 0 radical (unpaired) electrons. The summed E-state index contributed by atoms with van der Waals surface area (Å²) in [5, 5.41) is 0.641. The van der Waals surface area contributed by atoms with E-state index in [0.717, 1.165) is 17.1 Å². The van der Waals surface area contributed by atoms with Crippen molar-refractivity contribution in [2.75, 3.05) is 0 Å². The Morgan fingerprint density at radius 3 is 2.33 bits per heavy atom. The molecule has 18 heavy (non-hydrogen) atoms. The first kappa shape index (κ1) is 13.1. The molecule has 0 amide bonds. The molecule has 0 aliphatic carbocycles. The van der Waals surface area contributed by atoms with Gasteiger partial charge in [-0.05, 0) is 43.5 Å². The molecule has 0 fully saturated rings. The summed E-state index contributed by atoms with van der Waals surface area (Å²) in [6.07, 6.45) is 0. The van der Waals surface area contributed by atoms with E-state index in [2.05, 4.69) is 37.9 Å². The molecule has 2 aromatic rings. The lowest BCUT2D eigenvalue weighted by atomic mass is 9.99. The first-order valence-corrected chi connectivity index (χ1v) is 6.33. The van der Waals surface area contributed by atoms with Crippen LogP contribution >= 0.6 is 11.6 Å². The highest BCUT2D eigenvalue weighted by molar-refractivity contribution is 6.32. The summed E-state index contributed by atoms with van der Waals surface area (Å²) in [6, 6.07) is 4.30. The predicted molar refractivity (Wildman–Crippen MR) is 75.8 cm³/mol. The van der Waals surface area contributed by atoms with Gasteiger partial charge in [0.05, 0.1) is 6.54 Å². The Morgan fingerprint density at radius 1 is 1.17 bits per heavy atom. The monoisotopic (exact) mass is 263 g/mol. The van der Waals surface area contributed by atoms with E-state index >= 15 is 0 Å². The highest BCUT2D eigenvalue weighted by Crippen LogP contribution is 2.31. The minimum Gasteiger partial charge on any atom is -0.324 e. The summed E-state index contributed by atoms with van der Waals surface area (Å²) in [4.78, 5) is 4.54. The molecule has 0 spiro atoms. The second kappa shape index (κ2) is 4.75. The molecule has 2 N–H and O–H groups in total. The Labute approximate surface area is 113 Å². The zero-order chi connectivity index (χ0) is 13.4. The summed E-state index contributed by atoms with van der Waals surface area (Å²) < 4.78 is 1.84. The lowest BCUT2D eigenvalue weighted by Crippen LogP contribution is -2.04. The summed E-state index contributed by atoms with van der Waals surface area (Å²) in [6.45, 7) is 6.67. The van der Waals surface area contributed by atoms with Crippen LogP contribution < -0.4 is 5.73 Å². The first-order valence-electron chi connectivity index (χ1n) is 5.95. The average molecular weight is 264 g/mol. The van der Waals surface area contributed by atoms with Gasteiger partial charge in [-0.1, -0.05) is 17.7 Å². The van der Waals surface area contributed by atoms with Gasteiger partial charge in [0.2, 0.25) is 0 Å². The Balaban J connectivity index is 2.66. The Morgan fingerprint density at radius 2 is 1.78 bits per heavy atom. The number of halogens is 1. The number of aryl methyl sites for hydroxylation is 3. The van der Waals surface area contributed by atoms with E-state index in [1.165, 1.54) is 16.7 Å². The van der Waals surface area contributed by atoms with Crippen LogP contribution in [0.3, 0.4) is 0 Å². The van der Waals surface area contributed by atoms with E-state index in [1.807, 2.05) is 11.6 Å². The van der Waals surface area contributed by atoms with Crippen molar-refractivity contribution in [3.8, 4) is 11.3 Å². The van der Waals surface area contributed by atoms with Gasteiger partial charge in [-0.25, -0.2) is 4.98 Å². The maximum Gasteiger partial charge on any atom is 0.136 e. The zero-order valence-corrected chi connectivity index (χ0v) is 12.0. The van der Waals surface area contributed by atoms with Crippen molar-refractivity contribution in [1.29, 1.82) is 0 Å². The van der Waals surface area contributed by atoms with Gasteiger partial charge in [-0.2, -0.15) is 0 Å². The molecule has 0 aliphatic heterocycles. The number of nitrogens with two attached hydrogens (primary N) is 1. The summed E-state index contributed by atoms with van der Waals surface area (Å²) >= 11 is 6.34. The highest BCUT2D eigenvalue weighted by Gasteiger charge is 2.15. The van der Waals surface area contributed by atoms with Crippen LogP contribution in [0.25, 0.3) is 11.3 Å². The molecule has 1 aromatic carbocycles. The van der Waals surface area contributed by atoms with Crippen LogP contribution in [0.5, 0.6) is 0 Å². The quantitative estimate of drug-likeness (QED) is 0.905. The molecule has 3 nitrogen and oxygen atoms in total. The third-order valence-corrected chi connectivity index (χ3v) is 3.83. The number of hydrogen-bond acceptors (Lipinski definition) is 2. The highest BCUT2D eigenvalue weighted by atomic mass is 35.5. The van der Waals surface area contributed by atoms with E-state index in [9.17, 15) is 0 Å². The van der Waals surface area contributed by atoms with Crippen molar-refractivity contribution in [2.24, 2.45) is 12.8 Å². The molecule has 1 heterocycles. The minimum atomic E-state index is 0.389. The van der Waals surface area contributed by atoms with Crippen LogP contribution in [-0.2, 0) is 13.6 Å². The van der Waals surface area contributed by atoms with Gasteiger partial charge in [0.25, 0.3) is 0 Å². The van der Waals surface area contributed by atoms with E-state index < -0.39 is 0 Å². The second-order valence-corrected chi connectivity index (χ2v) is 5.04. The van der Waals surface area contributed by atoms with Crippen LogP contribution in [0.2, 0.25) is 5.15 Å². The zero-order valence-electron chi connectivity index (χ0n) is 11.2. The van der Waals surface area contributed by atoms with Crippen molar-refractivity contribution in [3.05, 3.63) is 39.8 Å². The van der Waals surface area contributed by atoms with E-state index in [1.54, 1.807) is 0 Å². The standard InChI is InChI=1S/C14H18ClN3/c1-8-5-10(3)11(6-9(8)2)13-14(15)18(4)12(7-16)17-13/h5-6H,7,16H2,1-4H3. The van der Waals surface area contributed by atoms with Crippen molar-refractivity contribution >= 4 is 11.6 Å². The van der Waals surface area contributed by atoms with E-state index in [0.29, 0.717) is 11.7 Å². The van der Waals surface area contributed by atoms with Gasteiger partial charge < -0.3 is 10.3 Å². The minimum absolute atomic E-state index is 0.389. The molecular formula is C14H18ClN3. The molecular weight excluding hydrogens is 246 g/mol. The fourth-order valence-electron chi connectivity index (χ4n) is 2.09. The second-order valence-electron chi connectivity index (χ2n) is 4.68. The number of imidazole rings is 1. The van der Waals surface area contributed by atoms with Crippen LogP contribution in [0.15, 0.2) is 12.1 Å². The molecule has 0 atom stereocenters. The fourth-order valence-corrected chi connectivity index (χ4v) is 2.33. The lowest BCUT2D eigenvalue weighted by molar-refractivity contribution is 0.794. The molecule has 0 saturated heterocycles. The molecule has 96 valence electrons. The van der Waals surface area contributed by atoms with Gasteiger partial charge in [0.15, 0.2) is 0 Å². The number of hydrogen-bond donors (Lipinski definition) is 1. The lowest BCUT2D eigenvalue weighted by Gasteiger charge is -2.08. The summed E-state index contributed by atoms with van der Waals surface area (Å²) in [7, 11) is 1.89. The molecule has 0 aliphatic rings. The van der Waals surface area contributed by atoms with Crippen molar-refractivity contribution in [2.45, 2.75) is 27.3 Å². The van der Waals surface area contributed by atoms with E-state index in [-0.39, 0.29) is 0 Å². The molecule has 0 saturated carbocycles. The third-order valence-electron chi connectivity index (χ3n) is 3.40. The Bertz CT molecular complexity index is 600. The van der Waals surface area contributed by atoms with Gasteiger partial charge in [0, 0.05) is 12.6 Å². The topological polar surface area (TPSA) is 43.8 Å². The molecule has 1 aromatic heterocycles. The maximum absolute atomic E-state index is 6.34. The molecule has 4 heteroatoms. The number of benzene rings is 1. The number of aromatic nitrogens is 2. The first-order chi connectivity index (χ1) is 8.45. The van der Waals surface area contributed by atoms with Gasteiger partial charge in [0.1, 0.15) is 16.7 Å². The van der Waals surface area contributed by atoms with Gasteiger partial charge in [-0.15, -0.1) is 0 Å². The fraction of sp³-hybridized carbons (Fsp3) is 0.357. The largest absolute Gasteiger partial charge is 0.324 e. The third kappa shape index (κ3) is 2.04. The van der Waals surface area contributed by atoms with Crippen LogP contribution in [-0.4, -0.2) is 9.55 Å². The number of nitrogens with zero attached hydrogens (tertiary/aromatic N) is 2. The Hall–Kier alpha value is -1.32. The van der Waals surface area contributed by atoms with Crippen molar-refractivity contribution in [3.63, 3.8) is 0 Å². The predicted octanol–water partition coefficient (Wildman–Crippen LogP) is 3.12. The smallest absolute Gasteiger partial charge is 0.136 e. The van der Waals surface area contributed by atoms with Crippen molar-refractivity contribution in [1.82, 2.24) is 9.55 Å². The van der Waals surface area contributed by atoms with E-state index in [4.69, 9.17) is 17.3 Å². The Kier molecular flexibility index (Phi) is 3.46. The van der Waals surface area contributed by atoms with Crippen molar-refractivity contribution < 1.29 is 0 Å². The number of rotatable bonds is 2. The summed E-state index contributed by atoms with van der Waals surface area (Å²) in [5.74, 6) is 0.799. The van der Waals surface area contributed by atoms with Crippen LogP contribution in [0.1, 0.15) is 22.5 Å². The maximum atomic E-state index is 6.34. The molecule has 0 bridgehead atoms. The summed E-state index contributed by atoms with van der Waals surface area (Å²) in [5.41, 5.74) is 11.3. The average Bonchev–Trinajstić information content (AvgIpc) is 2.61. The molecule has 0 unspecified atom stereocenters. The van der Waals surface area contributed by atoms with Crippen LogP contribution in [0.4, 0.5) is 0 Å². The SMILES string of the molecule is Cc1cc(C)c(-c2nc(CN)n(C)c2Cl)cc1C. The normalized spacial score (nSPS) is 11.0. The van der Waals surface area contributed by atoms with Crippen LogP contribution in [0, 0.1) is 20.8 Å². The van der Waals surface area contributed by atoms with Gasteiger partial charge >= 0.3 is 0 Å².